The van der Waals surface area contributed by atoms with Gasteiger partial charge in [-0.15, -0.1) is 0 Å². The first-order valence-electron chi connectivity index (χ1n) is 7.06. The molecule has 0 radical (unpaired) electrons. The van der Waals surface area contributed by atoms with Crippen molar-refractivity contribution in [1.82, 2.24) is 9.55 Å². The highest BCUT2D eigenvalue weighted by Gasteiger charge is 2.28. The van der Waals surface area contributed by atoms with Gasteiger partial charge < -0.3 is 14.6 Å². The molecule has 3 rings (SSSR count). The topological polar surface area (TPSA) is 39.1 Å². The van der Waals surface area contributed by atoms with Crippen LogP contribution in [0.1, 0.15) is 31.7 Å². The SMILES string of the molecule is Cn1ccnc1CNc1cccc2c1OC(C)(C)CC2. The number of benzene rings is 1. The van der Waals surface area contributed by atoms with E-state index in [9.17, 15) is 0 Å². The van der Waals surface area contributed by atoms with Crippen LogP contribution in [0.3, 0.4) is 0 Å². The molecule has 1 aliphatic rings. The third kappa shape index (κ3) is 2.50. The van der Waals surface area contributed by atoms with E-state index in [4.69, 9.17) is 4.74 Å². The van der Waals surface area contributed by atoms with Crippen LogP contribution in [0.25, 0.3) is 0 Å². The maximum atomic E-state index is 6.16. The van der Waals surface area contributed by atoms with E-state index >= 15 is 0 Å². The number of nitrogens with zero attached hydrogens (tertiary/aromatic N) is 2. The summed E-state index contributed by atoms with van der Waals surface area (Å²) in [4.78, 5) is 4.33. The van der Waals surface area contributed by atoms with Gasteiger partial charge in [0.05, 0.1) is 12.2 Å². The van der Waals surface area contributed by atoms with Crippen LogP contribution in [0, 0.1) is 0 Å². The summed E-state index contributed by atoms with van der Waals surface area (Å²) in [6, 6.07) is 6.31. The van der Waals surface area contributed by atoms with Crippen LogP contribution in [-0.4, -0.2) is 15.2 Å². The van der Waals surface area contributed by atoms with Crippen LogP contribution in [0.5, 0.6) is 5.75 Å². The van der Waals surface area contributed by atoms with Crippen LogP contribution in [-0.2, 0) is 20.0 Å². The molecular weight excluding hydrogens is 250 g/mol. The number of aryl methyl sites for hydroxylation is 2. The minimum Gasteiger partial charge on any atom is -0.485 e. The van der Waals surface area contributed by atoms with Crippen LogP contribution in [0.4, 0.5) is 5.69 Å². The number of rotatable bonds is 3. The van der Waals surface area contributed by atoms with Gasteiger partial charge in [-0.3, -0.25) is 0 Å². The van der Waals surface area contributed by atoms with Crippen molar-refractivity contribution in [2.45, 2.75) is 38.8 Å². The number of anilines is 1. The number of aromatic nitrogens is 2. The van der Waals surface area contributed by atoms with Crippen LogP contribution in [0.2, 0.25) is 0 Å². The number of para-hydroxylation sites is 1. The Morgan fingerprint density at radius 2 is 2.25 bits per heavy atom. The molecule has 0 saturated heterocycles. The zero-order valence-electron chi connectivity index (χ0n) is 12.3. The van der Waals surface area contributed by atoms with Crippen molar-refractivity contribution < 1.29 is 4.74 Å². The van der Waals surface area contributed by atoms with E-state index < -0.39 is 0 Å². The second-order valence-corrected chi connectivity index (χ2v) is 5.96. The highest BCUT2D eigenvalue weighted by Crippen LogP contribution is 2.38. The van der Waals surface area contributed by atoms with Gasteiger partial charge in [-0.2, -0.15) is 0 Å². The lowest BCUT2D eigenvalue weighted by Crippen LogP contribution is -2.33. The minimum absolute atomic E-state index is 0.0893. The molecule has 4 nitrogen and oxygen atoms in total. The molecule has 0 saturated carbocycles. The molecular formula is C16H21N3O. The van der Waals surface area contributed by atoms with Gasteiger partial charge in [0.15, 0.2) is 0 Å². The van der Waals surface area contributed by atoms with Crippen LogP contribution >= 0.6 is 0 Å². The number of ether oxygens (including phenoxy) is 1. The van der Waals surface area contributed by atoms with Crippen molar-refractivity contribution in [2.24, 2.45) is 7.05 Å². The van der Waals surface area contributed by atoms with E-state index in [1.54, 1.807) is 0 Å². The molecule has 2 heterocycles. The maximum absolute atomic E-state index is 6.16. The van der Waals surface area contributed by atoms with Crippen molar-refractivity contribution in [3.8, 4) is 5.75 Å². The second-order valence-electron chi connectivity index (χ2n) is 5.96. The second kappa shape index (κ2) is 4.85. The number of nitrogens with one attached hydrogen (secondary N) is 1. The van der Waals surface area contributed by atoms with Crippen LogP contribution < -0.4 is 10.1 Å². The zero-order chi connectivity index (χ0) is 14.2. The summed E-state index contributed by atoms with van der Waals surface area (Å²) >= 11 is 0. The molecule has 0 atom stereocenters. The van der Waals surface area contributed by atoms with E-state index in [-0.39, 0.29) is 5.60 Å². The first-order chi connectivity index (χ1) is 9.55. The smallest absolute Gasteiger partial charge is 0.146 e. The highest BCUT2D eigenvalue weighted by atomic mass is 16.5. The summed E-state index contributed by atoms with van der Waals surface area (Å²) in [7, 11) is 2.00. The third-order valence-corrected chi connectivity index (χ3v) is 3.83. The molecule has 20 heavy (non-hydrogen) atoms. The standard InChI is InChI=1S/C16H21N3O/c1-16(2)8-7-12-5-4-6-13(15(12)20-16)18-11-14-17-9-10-19(14)3/h4-6,9-10,18H,7-8,11H2,1-3H3. The van der Waals surface area contributed by atoms with Gasteiger partial charge in [0.1, 0.15) is 17.2 Å². The maximum Gasteiger partial charge on any atom is 0.146 e. The van der Waals surface area contributed by atoms with Crippen molar-refractivity contribution >= 4 is 5.69 Å². The summed E-state index contributed by atoms with van der Waals surface area (Å²) in [5.41, 5.74) is 2.25. The van der Waals surface area contributed by atoms with Crippen molar-refractivity contribution in [3.63, 3.8) is 0 Å². The summed E-state index contributed by atoms with van der Waals surface area (Å²) < 4.78 is 8.18. The first-order valence-corrected chi connectivity index (χ1v) is 7.06. The lowest BCUT2D eigenvalue weighted by Gasteiger charge is -2.33. The Morgan fingerprint density at radius 3 is 3.00 bits per heavy atom. The van der Waals surface area contributed by atoms with E-state index in [1.165, 1.54) is 5.56 Å². The molecule has 106 valence electrons. The Bertz CT molecular complexity index is 616. The third-order valence-electron chi connectivity index (χ3n) is 3.83. The predicted octanol–water partition coefficient (Wildman–Crippen LogP) is 3.14. The van der Waals surface area contributed by atoms with Gasteiger partial charge in [0.25, 0.3) is 0 Å². The predicted molar refractivity (Wildman–Crippen MR) is 80.0 cm³/mol. The van der Waals surface area contributed by atoms with Crippen molar-refractivity contribution in [3.05, 3.63) is 42.0 Å². The van der Waals surface area contributed by atoms with Crippen molar-refractivity contribution in [2.75, 3.05) is 5.32 Å². The first kappa shape index (κ1) is 13.0. The van der Waals surface area contributed by atoms with E-state index in [0.29, 0.717) is 6.54 Å². The van der Waals surface area contributed by atoms with E-state index in [0.717, 1.165) is 30.1 Å². The fourth-order valence-corrected chi connectivity index (χ4v) is 2.55. The fraction of sp³-hybridized carbons (Fsp3) is 0.438. The quantitative estimate of drug-likeness (QED) is 0.932. The fourth-order valence-electron chi connectivity index (χ4n) is 2.55. The Labute approximate surface area is 119 Å². The zero-order valence-corrected chi connectivity index (χ0v) is 12.3. The van der Waals surface area contributed by atoms with Gasteiger partial charge in [0, 0.05) is 19.4 Å². The average molecular weight is 271 g/mol. The number of fused-ring (bicyclic) bond motifs is 1. The number of hydrogen-bond donors (Lipinski definition) is 1. The average Bonchev–Trinajstić information content (AvgIpc) is 2.81. The summed E-state index contributed by atoms with van der Waals surface area (Å²) in [5.74, 6) is 2.01. The van der Waals surface area contributed by atoms with E-state index in [1.807, 2.05) is 24.0 Å². The summed E-state index contributed by atoms with van der Waals surface area (Å²) in [6.07, 6.45) is 5.90. The van der Waals surface area contributed by atoms with Gasteiger partial charge in [0.2, 0.25) is 0 Å². The monoisotopic (exact) mass is 271 g/mol. The molecule has 1 aromatic heterocycles. The van der Waals surface area contributed by atoms with Gasteiger partial charge in [-0.1, -0.05) is 12.1 Å². The Kier molecular flexibility index (Phi) is 3.16. The minimum atomic E-state index is -0.0893. The van der Waals surface area contributed by atoms with Gasteiger partial charge >= 0.3 is 0 Å². The van der Waals surface area contributed by atoms with Crippen molar-refractivity contribution in [1.29, 1.82) is 0 Å². The molecule has 0 unspecified atom stereocenters. The van der Waals surface area contributed by atoms with Gasteiger partial charge in [-0.25, -0.2) is 4.98 Å². The molecule has 1 aliphatic heterocycles. The Balaban J connectivity index is 1.82. The van der Waals surface area contributed by atoms with Crippen LogP contribution in [0.15, 0.2) is 30.6 Å². The molecule has 1 N–H and O–H groups in total. The number of imidazole rings is 1. The molecule has 4 heteroatoms. The molecule has 0 aliphatic carbocycles. The molecule has 0 amide bonds. The number of hydrogen-bond acceptors (Lipinski definition) is 3. The highest BCUT2D eigenvalue weighted by molar-refractivity contribution is 5.61. The lowest BCUT2D eigenvalue weighted by molar-refractivity contribution is 0.0856. The Morgan fingerprint density at radius 1 is 1.40 bits per heavy atom. The van der Waals surface area contributed by atoms with E-state index in [2.05, 4.69) is 42.3 Å². The molecule has 0 spiro atoms. The molecule has 1 aromatic carbocycles. The molecule has 0 fully saturated rings. The molecule has 0 bridgehead atoms. The summed E-state index contributed by atoms with van der Waals surface area (Å²) in [5, 5.41) is 3.45. The normalized spacial score (nSPS) is 16.4. The summed E-state index contributed by atoms with van der Waals surface area (Å²) in [6.45, 7) is 4.99. The van der Waals surface area contributed by atoms with Gasteiger partial charge in [-0.05, 0) is 38.3 Å². The largest absolute Gasteiger partial charge is 0.485 e. The molecule has 2 aromatic rings. The lowest BCUT2D eigenvalue weighted by atomic mass is 9.94. The Hall–Kier alpha value is -1.97.